The molecule has 0 aliphatic carbocycles. The Kier molecular flexibility index (Phi) is 6.03. The number of aliphatic carboxylic acids is 1. The second-order valence-electron chi connectivity index (χ2n) is 5.04. The average molecular weight is 279 g/mol. The maximum Gasteiger partial charge on any atom is 0.326 e. The van der Waals surface area contributed by atoms with Crippen LogP contribution in [-0.2, 0) is 9.59 Å². The van der Waals surface area contributed by atoms with Gasteiger partial charge in [0, 0.05) is 0 Å². The number of hydrogen-bond donors (Lipinski definition) is 2. The summed E-state index contributed by atoms with van der Waals surface area (Å²) in [6.07, 6.45) is 0.129. The Labute approximate surface area is 118 Å². The number of hydrogen-bond acceptors (Lipinski definition) is 3. The molecule has 2 N–H and O–H groups in total. The maximum atomic E-state index is 11.7. The molecule has 0 heterocycles. The average Bonchev–Trinajstić information content (AvgIpc) is 2.37. The number of carboxylic acid groups (broad SMARTS) is 1. The molecule has 0 saturated carbocycles. The normalized spacial score (nSPS) is 12.0. The van der Waals surface area contributed by atoms with Gasteiger partial charge in [-0.05, 0) is 25.0 Å². The van der Waals surface area contributed by atoms with E-state index in [2.05, 4.69) is 5.32 Å². The van der Waals surface area contributed by atoms with Crippen LogP contribution in [0.5, 0.6) is 5.75 Å². The summed E-state index contributed by atoms with van der Waals surface area (Å²) in [6.45, 7) is 5.71. The zero-order chi connectivity index (χ0) is 15.1. The number of ether oxygens (including phenoxy) is 1. The van der Waals surface area contributed by atoms with Crippen LogP contribution in [0, 0.1) is 12.8 Å². The van der Waals surface area contributed by atoms with Crippen molar-refractivity contribution in [1.82, 2.24) is 5.32 Å². The summed E-state index contributed by atoms with van der Waals surface area (Å²) in [5.41, 5.74) is 1.14. The molecule has 0 saturated heterocycles. The van der Waals surface area contributed by atoms with Gasteiger partial charge in [0.1, 0.15) is 11.8 Å². The lowest BCUT2D eigenvalue weighted by atomic mass is 10.0. The van der Waals surface area contributed by atoms with Crippen LogP contribution in [0.2, 0.25) is 0 Å². The third-order valence-corrected chi connectivity index (χ3v) is 2.87. The highest BCUT2D eigenvalue weighted by molar-refractivity contribution is 5.83. The van der Waals surface area contributed by atoms with Crippen LogP contribution in [0.4, 0.5) is 0 Å². The van der Waals surface area contributed by atoms with Crippen LogP contribution < -0.4 is 10.1 Å². The Morgan fingerprint density at radius 1 is 1.25 bits per heavy atom. The van der Waals surface area contributed by atoms with Crippen molar-refractivity contribution in [2.75, 3.05) is 6.61 Å². The number of rotatable bonds is 7. The summed E-state index contributed by atoms with van der Waals surface area (Å²) in [5, 5.41) is 11.5. The van der Waals surface area contributed by atoms with Gasteiger partial charge < -0.3 is 15.2 Å². The lowest BCUT2D eigenvalue weighted by Crippen LogP contribution is -2.44. The van der Waals surface area contributed by atoms with Crippen LogP contribution in [0.3, 0.4) is 0 Å². The lowest BCUT2D eigenvalue weighted by molar-refractivity contribution is -0.143. The molecule has 20 heavy (non-hydrogen) atoms. The molecule has 0 aromatic heterocycles. The topological polar surface area (TPSA) is 75.6 Å². The zero-order valence-corrected chi connectivity index (χ0v) is 12.1. The van der Waals surface area contributed by atoms with Gasteiger partial charge in [0.25, 0.3) is 0 Å². The molecule has 110 valence electrons. The van der Waals surface area contributed by atoms with E-state index >= 15 is 0 Å². The highest BCUT2D eigenvalue weighted by Gasteiger charge is 2.23. The molecule has 1 amide bonds. The number of carbonyl (C=O) groups excluding carboxylic acids is 1. The van der Waals surface area contributed by atoms with Gasteiger partial charge in [-0.2, -0.15) is 0 Å². The van der Waals surface area contributed by atoms with Crippen molar-refractivity contribution >= 4 is 11.9 Å². The van der Waals surface area contributed by atoms with Gasteiger partial charge in [-0.1, -0.05) is 31.5 Å². The first kappa shape index (κ1) is 16.0. The van der Waals surface area contributed by atoms with Gasteiger partial charge in [0.05, 0.1) is 13.0 Å². The molecule has 0 fully saturated rings. The summed E-state index contributed by atoms with van der Waals surface area (Å²) in [7, 11) is 0. The van der Waals surface area contributed by atoms with Crippen molar-refractivity contribution in [3.8, 4) is 5.75 Å². The number of nitrogens with one attached hydrogen (secondary N) is 1. The van der Waals surface area contributed by atoms with Crippen molar-refractivity contribution in [1.29, 1.82) is 0 Å². The Morgan fingerprint density at radius 3 is 2.35 bits per heavy atom. The summed E-state index contributed by atoms with van der Waals surface area (Å²) in [4.78, 5) is 22.6. The predicted molar refractivity (Wildman–Crippen MR) is 75.7 cm³/mol. The Hall–Kier alpha value is -2.04. The molecule has 1 atom stereocenters. The first-order valence-corrected chi connectivity index (χ1v) is 6.61. The lowest BCUT2D eigenvalue weighted by Gasteiger charge is -2.17. The predicted octanol–water partition coefficient (Wildman–Crippen LogP) is 1.99. The van der Waals surface area contributed by atoms with Crippen LogP contribution in [0.15, 0.2) is 24.3 Å². The molecule has 0 unspecified atom stereocenters. The van der Waals surface area contributed by atoms with Crippen molar-refractivity contribution in [3.63, 3.8) is 0 Å². The third kappa shape index (κ3) is 5.30. The molecule has 0 aliphatic heterocycles. The molecule has 5 nitrogen and oxygen atoms in total. The van der Waals surface area contributed by atoms with E-state index in [1.807, 2.05) is 31.2 Å². The van der Waals surface area contributed by atoms with E-state index in [1.165, 1.54) is 0 Å². The summed E-state index contributed by atoms with van der Waals surface area (Å²) in [5.74, 6) is -0.803. The van der Waals surface area contributed by atoms with E-state index in [1.54, 1.807) is 13.8 Å². The molecular formula is C15H21NO4. The first-order chi connectivity index (χ1) is 9.40. The van der Waals surface area contributed by atoms with E-state index in [9.17, 15) is 9.59 Å². The molecule has 1 aromatic carbocycles. The third-order valence-electron chi connectivity index (χ3n) is 2.87. The number of carboxylic acids is 1. The monoisotopic (exact) mass is 279 g/mol. The molecule has 0 aliphatic rings. The fourth-order valence-electron chi connectivity index (χ4n) is 1.66. The summed E-state index contributed by atoms with van der Waals surface area (Å²) < 4.78 is 5.43. The minimum Gasteiger partial charge on any atom is -0.493 e. The molecule has 1 rings (SSSR count). The first-order valence-electron chi connectivity index (χ1n) is 6.61. The van der Waals surface area contributed by atoms with E-state index in [0.29, 0.717) is 5.75 Å². The van der Waals surface area contributed by atoms with Crippen molar-refractivity contribution in [3.05, 3.63) is 29.8 Å². The van der Waals surface area contributed by atoms with Gasteiger partial charge >= 0.3 is 5.97 Å². The molecule has 0 radical (unpaired) electrons. The van der Waals surface area contributed by atoms with Gasteiger partial charge in [-0.15, -0.1) is 0 Å². The van der Waals surface area contributed by atoms with Crippen molar-refractivity contribution in [2.45, 2.75) is 33.2 Å². The molecular weight excluding hydrogens is 258 g/mol. The van der Waals surface area contributed by atoms with Crippen LogP contribution in [0.1, 0.15) is 25.8 Å². The highest BCUT2D eigenvalue weighted by Crippen LogP contribution is 2.11. The Balaban J connectivity index is 2.36. The smallest absolute Gasteiger partial charge is 0.326 e. The Morgan fingerprint density at radius 2 is 1.85 bits per heavy atom. The van der Waals surface area contributed by atoms with Gasteiger partial charge in [0.2, 0.25) is 5.91 Å². The molecule has 0 bridgehead atoms. The van der Waals surface area contributed by atoms with Crippen LogP contribution >= 0.6 is 0 Å². The SMILES string of the molecule is Cc1ccc(OCCC(=O)N[C@@H](C(=O)O)C(C)C)cc1. The minimum absolute atomic E-state index is 0.129. The van der Waals surface area contributed by atoms with Crippen molar-refractivity contribution < 1.29 is 19.4 Å². The van der Waals surface area contributed by atoms with E-state index in [0.717, 1.165) is 5.56 Å². The molecule has 1 aromatic rings. The zero-order valence-electron chi connectivity index (χ0n) is 12.1. The fourth-order valence-corrected chi connectivity index (χ4v) is 1.66. The summed E-state index contributed by atoms with van der Waals surface area (Å²) in [6, 6.07) is 6.66. The molecule has 5 heteroatoms. The maximum absolute atomic E-state index is 11.7. The van der Waals surface area contributed by atoms with Crippen molar-refractivity contribution in [2.24, 2.45) is 5.92 Å². The fraction of sp³-hybridized carbons (Fsp3) is 0.467. The second kappa shape index (κ2) is 7.53. The largest absolute Gasteiger partial charge is 0.493 e. The van der Waals surface area contributed by atoms with E-state index in [4.69, 9.17) is 9.84 Å². The van der Waals surface area contributed by atoms with Crippen LogP contribution in [0.25, 0.3) is 0 Å². The standard InChI is InChI=1S/C15H21NO4/c1-10(2)14(15(18)19)16-13(17)8-9-20-12-6-4-11(3)5-7-12/h4-7,10,14H,8-9H2,1-3H3,(H,16,17)(H,18,19)/t14-/m1/s1. The highest BCUT2D eigenvalue weighted by atomic mass is 16.5. The van der Waals surface area contributed by atoms with Gasteiger partial charge in [0.15, 0.2) is 0 Å². The number of amides is 1. The van der Waals surface area contributed by atoms with Gasteiger partial charge in [-0.25, -0.2) is 4.79 Å². The van der Waals surface area contributed by atoms with Crippen LogP contribution in [-0.4, -0.2) is 29.6 Å². The molecule has 0 spiro atoms. The number of aryl methyl sites for hydroxylation is 1. The number of benzene rings is 1. The summed E-state index contributed by atoms with van der Waals surface area (Å²) >= 11 is 0. The minimum atomic E-state index is -1.02. The number of carbonyl (C=O) groups is 2. The quantitative estimate of drug-likeness (QED) is 0.800. The van der Waals surface area contributed by atoms with Gasteiger partial charge in [-0.3, -0.25) is 4.79 Å². The van der Waals surface area contributed by atoms with E-state index < -0.39 is 12.0 Å². The van der Waals surface area contributed by atoms with E-state index in [-0.39, 0.29) is 24.9 Å². The Bertz CT molecular complexity index is 453. The second-order valence-corrected chi connectivity index (χ2v) is 5.04.